The fourth-order valence-corrected chi connectivity index (χ4v) is 3.14. The standard InChI is InChI=1S/C15H14O.C8H6O4/c1-12-15(16-12,13-8-4-2-5-9-13)14-10-6-3-7-11-14;9-7(10)5-1-2-6(4-3-5)8(11)12/h2-12H,1H3;1-4H,(H,9,10)(H,11,12). The maximum Gasteiger partial charge on any atom is 0.335 e. The summed E-state index contributed by atoms with van der Waals surface area (Å²) < 4.78 is 5.88. The van der Waals surface area contributed by atoms with Crippen LogP contribution in [0, 0.1) is 0 Å². The van der Waals surface area contributed by atoms with Crippen LogP contribution < -0.4 is 0 Å². The van der Waals surface area contributed by atoms with Gasteiger partial charge >= 0.3 is 11.9 Å². The van der Waals surface area contributed by atoms with Crippen molar-refractivity contribution in [3.63, 3.8) is 0 Å². The zero-order chi connectivity index (χ0) is 20.1. The van der Waals surface area contributed by atoms with Crippen molar-refractivity contribution in [1.82, 2.24) is 0 Å². The third kappa shape index (κ3) is 3.94. The van der Waals surface area contributed by atoms with E-state index in [1.165, 1.54) is 35.4 Å². The topological polar surface area (TPSA) is 87.1 Å². The van der Waals surface area contributed by atoms with Gasteiger partial charge in [-0.25, -0.2) is 9.59 Å². The molecular weight excluding hydrogens is 356 g/mol. The molecule has 1 saturated heterocycles. The Morgan fingerprint density at radius 2 is 1.04 bits per heavy atom. The third-order valence-corrected chi connectivity index (χ3v) is 4.66. The SMILES string of the molecule is CC1OC1(c1ccccc1)c1ccccc1.O=C(O)c1ccc(C(=O)O)cc1. The minimum absolute atomic E-state index is 0.0833. The van der Waals surface area contributed by atoms with E-state index in [9.17, 15) is 9.59 Å². The van der Waals surface area contributed by atoms with Crippen molar-refractivity contribution in [3.05, 3.63) is 107 Å². The Bertz CT molecular complexity index is 877. The normalized spacial score (nSPS) is 16.4. The highest BCUT2D eigenvalue weighted by molar-refractivity contribution is 5.91. The van der Waals surface area contributed by atoms with E-state index in [2.05, 4.69) is 55.5 Å². The van der Waals surface area contributed by atoms with Crippen molar-refractivity contribution in [1.29, 1.82) is 0 Å². The van der Waals surface area contributed by atoms with E-state index in [4.69, 9.17) is 14.9 Å². The third-order valence-electron chi connectivity index (χ3n) is 4.66. The van der Waals surface area contributed by atoms with Gasteiger partial charge in [-0.1, -0.05) is 60.7 Å². The number of benzene rings is 3. The molecule has 0 saturated carbocycles. The largest absolute Gasteiger partial charge is 0.478 e. The van der Waals surface area contributed by atoms with Gasteiger partial charge in [0, 0.05) is 0 Å². The summed E-state index contributed by atoms with van der Waals surface area (Å²) in [6.45, 7) is 2.12. The number of epoxide rings is 1. The van der Waals surface area contributed by atoms with Crippen molar-refractivity contribution >= 4 is 11.9 Å². The minimum Gasteiger partial charge on any atom is -0.478 e. The highest BCUT2D eigenvalue weighted by Crippen LogP contribution is 2.51. The van der Waals surface area contributed by atoms with Crippen LogP contribution in [0.2, 0.25) is 0 Å². The van der Waals surface area contributed by atoms with Gasteiger partial charge in [-0.15, -0.1) is 0 Å². The maximum absolute atomic E-state index is 10.3. The molecule has 5 heteroatoms. The lowest BCUT2D eigenvalue weighted by Gasteiger charge is -2.13. The first-order valence-corrected chi connectivity index (χ1v) is 8.80. The van der Waals surface area contributed by atoms with Crippen LogP contribution in [0.25, 0.3) is 0 Å². The van der Waals surface area contributed by atoms with Gasteiger partial charge in [-0.2, -0.15) is 0 Å². The highest BCUT2D eigenvalue weighted by atomic mass is 16.6. The van der Waals surface area contributed by atoms with Gasteiger partial charge in [0.15, 0.2) is 0 Å². The van der Waals surface area contributed by atoms with E-state index in [-0.39, 0.29) is 22.8 Å². The predicted octanol–water partition coefficient (Wildman–Crippen LogP) is 4.43. The second-order valence-corrected chi connectivity index (χ2v) is 6.42. The number of aromatic carboxylic acids is 2. The number of carbonyl (C=O) groups is 2. The van der Waals surface area contributed by atoms with Crippen LogP contribution in [0.15, 0.2) is 84.9 Å². The zero-order valence-electron chi connectivity index (χ0n) is 15.3. The van der Waals surface area contributed by atoms with E-state index in [0.29, 0.717) is 0 Å². The molecule has 1 aliphatic rings. The molecule has 0 aromatic heterocycles. The molecule has 1 heterocycles. The Morgan fingerprint density at radius 1 is 0.714 bits per heavy atom. The van der Waals surface area contributed by atoms with Crippen molar-refractivity contribution < 1.29 is 24.5 Å². The molecule has 1 atom stereocenters. The molecule has 1 fully saturated rings. The zero-order valence-corrected chi connectivity index (χ0v) is 15.3. The number of ether oxygens (including phenoxy) is 1. The number of carboxylic acids is 2. The maximum atomic E-state index is 10.3. The van der Waals surface area contributed by atoms with Crippen molar-refractivity contribution in [3.8, 4) is 0 Å². The summed E-state index contributed by atoms with van der Waals surface area (Å²) in [4.78, 5) is 20.7. The van der Waals surface area contributed by atoms with Gasteiger partial charge in [0.2, 0.25) is 0 Å². The molecule has 2 N–H and O–H groups in total. The van der Waals surface area contributed by atoms with Crippen LogP contribution in [-0.4, -0.2) is 28.3 Å². The number of rotatable bonds is 4. The molecule has 3 aromatic carbocycles. The molecule has 0 amide bonds. The molecular formula is C23H20O5. The van der Waals surface area contributed by atoms with Gasteiger partial charge in [0.25, 0.3) is 0 Å². The number of hydrogen-bond acceptors (Lipinski definition) is 3. The van der Waals surface area contributed by atoms with Crippen molar-refractivity contribution in [2.24, 2.45) is 0 Å². The summed E-state index contributed by atoms with van der Waals surface area (Å²) in [5.41, 5.74) is 2.45. The molecule has 1 unspecified atom stereocenters. The summed E-state index contributed by atoms with van der Waals surface area (Å²) in [5.74, 6) is -2.13. The molecule has 0 bridgehead atoms. The molecule has 5 nitrogen and oxygen atoms in total. The van der Waals surface area contributed by atoms with Gasteiger partial charge in [0.05, 0.1) is 17.2 Å². The van der Waals surface area contributed by atoms with Crippen LogP contribution in [0.4, 0.5) is 0 Å². The first-order chi connectivity index (χ1) is 13.4. The Morgan fingerprint density at radius 3 is 1.29 bits per heavy atom. The summed E-state index contributed by atoms with van der Waals surface area (Å²) >= 11 is 0. The first-order valence-electron chi connectivity index (χ1n) is 8.80. The molecule has 0 radical (unpaired) electrons. The van der Waals surface area contributed by atoms with Crippen LogP contribution in [-0.2, 0) is 10.3 Å². The Labute approximate surface area is 162 Å². The van der Waals surface area contributed by atoms with Gasteiger partial charge in [-0.05, 0) is 42.3 Å². The van der Waals surface area contributed by atoms with Gasteiger partial charge in [-0.3, -0.25) is 0 Å². The second kappa shape index (κ2) is 8.06. The van der Waals surface area contributed by atoms with Gasteiger partial charge in [0.1, 0.15) is 5.60 Å². The molecule has 0 aliphatic carbocycles. The average molecular weight is 376 g/mol. The quantitative estimate of drug-likeness (QED) is 0.658. The van der Waals surface area contributed by atoms with Crippen LogP contribution >= 0.6 is 0 Å². The fraction of sp³-hybridized carbons (Fsp3) is 0.130. The molecule has 4 rings (SSSR count). The lowest BCUT2D eigenvalue weighted by Crippen LogP contribution is -2.13. The predicted molar refractivity (Wildman–Crippen MR) is 105 cm³/mol. The van der Waals surface area contributed by atoms with Crippen molar-refractivity contribution in [2.45, 2.75) is 18.6 Å². The van der Waals surface area contributed by atoms with Crippen LogP contribution in [0.5, 0.6) is 0 Å². The Kier molecular flexibility index (Phi) is 5.57. The molecule has 28 heavy (non-hydrogen) atoms. The smallest absolute Gasteiger partial charge is 0.335 e. The Hall–Kier alpha value is -3.44. The second-order valence-electron chi connectivity index (χ2n) is 6.42. The van der Waals surface area contributed by atoms with E-state index in [1.54, 1.807) is 0 Å². The molecule has 0 spiro atoms. The summed E-state index contributed by atoms with van der Waals surface area (Å²) in [5, 5.41) is 16.9. The summed E-state index contributed by atoms with van der Waals surface area (Å²) in [6, 6.07) is 25.9. The number of hydrogen-bond donors (Lipinski definition) is 2. The summed E-state index contributed by atoms with van der Waals surface area (Å²) in [6.07, 6.45) is 0.261. The fourth-order valence-electron chi connectivity index (χ4n) is 3.14. The monoisotopic (exact) mass is 376 g/mol. The lowest BCUT2D eigenvalue weighted by atomic mass is 9.88. The summed E-state index contributed by atoms with van der Waals surface area (Å²) in [7, 11) is 0. The van der Waals surface area contributed by atoms with Crippen molar-refractivity contribution in [2.75, 3.05) is 0 Å². The van der Waals surface area contributed by atoms with E-state index < -0.39 is 11.9 Å². The average Bonchev–Trinajstić information content (AvgIpc) is 3.42. The van der Waals surface area contributed by atoms with Crippen LogP contribution in [0.1, 0.15) is 38.8 Å². The first kappa shape index (κ1) is 19.3. The van der Waals surface area contributed by atoms with E-state index in [0.717, 1.165) is 0 Å². The van der Waals surface area contributed by atoms with E-state index >= 15 is 0 Å². The Balaban J connectivity index is 0.000000169. The molecule has 1 aliphatic heterocycles. The molecule has 3 aromatic rings. The minimum atomic E-state index is -1.06. The number of carboxylic acid groups (broad SMARTS) is 2. The van der Waals surface area contributed by atoms with E-state index in [1.807, 2.05) is 12.1 Å². The highest BCUT2D eigenvalue weighted by Gasteiger charge is 2.55. The molecule has 142 valence electrons. The van der Waals surface area contributed by atoms with Crippen LogP contribution in [0.3, 0.4) is 0 Å². The van der Waals surface area contributed by atoms with Gasteiger partial charge < -0.3 is 14.9 Å². The lowest BCUT2D eigenvalue weighted by molar-refractivity contribution is 0.0681.